The second kappa shape index (κ2) is 3.51. The highest BCUT2D eigenvalue weighted by Crippen LogP contribution is 2.00. The molecule has 0 spiro atoms. The summed E-state index contributed by atoms with van der Waals surface area (Å²) in [6.07, 6.45) is 2.45. The first-order valence-electron chi connectivity index (χ1n) is 2.76. The Kier molecular flexibility index (Phi) is 2.64. The maximum absolute atomic E-state index is 10.8. The fourth-order valence-corrected chi connectivity index (χ4v) is 0.874. The molecule has 0 fully saturated rings. The third-order valence-electron chi connectivity index (χ3n) is 1.08. The minimum Gasteiger partial charge on any atom is -0.619 e. The van der Waals surface area contributed by atoms with Crippen LogP contribution in [-0.2, 0) is 3.07 Å². The van der Waals surface area contributed by atoms with Crippen LogP contribution in [0.2, 0.25) is 0 Å². The predicted octanol–water partition coefficient (Wildman–Crippen LogP) is 0.827. The number of carbonyl (C=O) groups is 1. The summed E-state index contributed by atoms with van der Waals surface area (Å²) in [7, 11) is 0. The van der Waals surface area contributed by atoms with E-state index in [9.17, 15) is 10.0 Å². The fraction of sp³-hybridized carbons (Fsp3) is 0. The molecular weight excluding hydrogens is 261 g/mol. The van der Waals surface area contributed by atoms with E-state index in [1.54, 1.807) is 0 Å². The van der Waals surface area contributed by atoms with E-state index in [0.29, 0.717) is 4.73 Å². The van der Waals surface area contributed by atoms with Gasteiger partial charge in [0.1, 0.15) is 5.56 Å². The minimum absolute atomic E-state index is 0.247. The Morgan fingerprint density at radius 1 is 1.73 bits per heavy atom. The molecule has 58 valence electrons. The number of carbonyl (C=O) groups excluding carboxylic acids is 1. The van der Waals surface area contributed by atoms with Gasteiger partial charge in [-0.05, 0) is 6.07 Å². The van der Waals surface area contributed by atoms with Gasteiger partial charge in [-0.25, -0.2) is 4.79 Å². The van der Waals surface area contributed by atoms with Gasteiger partial charge in [0, 0.05) is 6.07 Å². The number of halogens is 1. The molecular formula is C6H4INO3. The van der Waals surface area contributed by atoms with Crippen LogP contribution in [0.15, 0.2) is 24.5 Å². The van der Waals surface area contributed by atoms with Crippen molar-refractivity contribution in [1.82, 2.24) is 0 Å². The molecule has 1 heterocycles. The number of nitrogens with zero attached hydrogens (tertiary/aromatic N) is 1. The van der Waals surface area contributed by atoms with Gasteiger partial charge in [-0.3, -0.25) is 0 Å². The monoisotopic (exact) mass is 265 g/mol. The molecule has 0 aliphatic heterocycles. The summed E-state index contributed by atoms with van der Waals surface area (Å²) in [5, 5.41) is 10.6. The fourth-order valence-electron chi connectivity index (χ4n) is 0.620. The van der Waals surface area contributed by atoms with E-state index in [-0.39, 0.29) is 5.56 Å². The van der Waals surface area contributed by atoms with Crippen LogP contribution in [0.5, 0.6) is 0 Å². The Hall–Kier alpha value is -0.850. The van der Waals surface area contributed by atoms with Crippen LogP contribution in [0, 0.1) is 5.21 Å². The van der Waals surface area contributed by atoms with E-state index in [0.717, 1.165) is 6.20 Å². The van der Waals surface area contributed by atoms with Crippen molar-refractivity contribution in [2.24, 2.45) is 0 Å². The van der Waals surface area contributed by atoms with Crippen molar-refractivity contribution in [3.8, 4) is 0 Å². The van der Waals surface area contributed by atoms with E-state index < -0.39 is 5.97 Å². The number of rotatable bonds is 1. The first-order chi connectivity index (χ1) is 5.24. The molecule has 1 aromatic heterocycles. The van der Waals surface area contributed by atoms with Crippen LogP contribution in [-0.4, -0.2) is 5.97 Å². The van der Waals surface area contributed by atoms with E-state index in [1.165, 1.54) is 41.3 Å². The first kappa shape index (κ1) is 8.25. The maximum atomic E-state index is 10.8. The normalized spacial score (nSPS) is 9.18. The van der Waals surface area contributed by atoms with Crippen LogP contribution in [0.25, 0.3) is 0 Å². The van der Waals surface area contributed by atoms with Crippen molar-refractivity contribution >= 4 is 29.0 Å². The molecule has 0 saturated carbocycles. The molecule has 0 aromatic carbocycles. The summed E-state index contributed by atoms with van der Waals surface area (Å²) < 4.78 is 4.91. The van der Waals surface area contributed by atoms with Gasteiger partial charge < -0.3 is 8.27 Å². The zero-order valence-corrected chi connectivity index (χ0v) is 7.52. The molecule has 0 aliphatic carbocycles. The van der Waals surface area contributed by atoms with E-state index in [2.05, 4.69) is 3.07 Å². The van der Waals surface area contributed by atoms with Crippen molar-refractivity contribution in [3.63, 3.8) is 0 Å². The molecule has 1 aromatic rings. The lowest BCUT2D eigenvalue weighted by molar-refractivity contribution is -0.605. The van der Waals surface area contributed by atoms with Crippen molar-refractivity contribution in [3.05, 3.63) is 35.3 Å². The summed E-state index contributed by atoms with van der Waals surface area (Å²) in [4.78, 5) is 10.8. The number of hydrogen-bond donors (Lipinski definition) is 0. The average molecular weight is 265 g/mol. The number of hydrogen-bond acceptors (Lipinski definition) is 3. The zero-order chi connectivity index (χ0) is 8.27. The standard InChI is InChI=1S/C6H4INO3/c7-11-6(9)5-2-1-3-8(10)4-5/h1-4H. The maximum Gasteiger partial charge on any atom is 0.353 e. The van der Waals surface area contributed by atoms with Crippen LogP contribution in [0.4, 0.5) is 0 Å². The molecule has 0 bridgehead atoms. The molecule has 4 nitrogen and oxygen atoms in total. The summed E-state index contributed by atoms with van der Waals surface area (Å²) in [6.45, 7) is 0. The van der Waals surface area contributed by atoms with Gasteiger partial charge >= 0.3 is 5.97 Å². The summed E-state index contributed by atoms with van der Waals surface area (Å²) in [6, 6.07) is 2.99. The zero-order valence-electron chi connectivity index (χ0n) is 5.36. The molecule has 0 unspecified atom stereocenters. The number of pyridine rings is 1. The SMILES string of the molecule is O=C(OI)c1ccc[n+]([O-])c1. The van der Waals surface area contributed by atoms with Gasteiger partial charge in [-0.2, -0.15) is 4.73 Å². The highest BCUT2D eigenvalue weighted by Gasteiger charge is 2.07. The second-order valence-electron chi connectivity index (χ2n) is 1.82. The second-order valence-corrected chi connectivity index (χ2v) is 2.26. The highest BCUT2D eigenvalue weighted by atomic mass is 127. The lowest BCUT2D eigenvalue weighted by Crippen LogP contribution is -2.25. The van der Waals surface area contributed by atoms with Gasteiger partial charge in [0.25, 0.3) is 0 Å². The molecule has 0 N–H and O–H groups in total. The van der Waals surface area contributed by atoms with Crippen molar-refractivity contribution in [1.29, 1.82) is 0 Å². The van der Waals surface area contributed by atoms with Crippen molar-refractivity contribution in [2.45, 2.75) is 0 Å². The smallest absolute Gasteiger partial charge is 0.353 e. The summed E-state index contributed by atoms with van der Waals surface area (Å²) in [5.74, 6) is -0.518. The number of aromatic nitrogens is 1. The van der Waals surface area contributed by atoms with Gasteiger partial charge in [-0.1, -0.05) is 0 Å². The summed E-state index contributed by atoms with van der Waals surface area (Å²) >= 11 is 1.47. The molecule has 0 amide bonds. The van der Waals surface area contributed by atoms with Crippen LogP contribution < -0.4 is 4.73 Å². The molecule has 0 saturated heterocycles. The first-order valence-corrected chi connectivity index (χ1v) is 3.64. The third kappa shape index (κ3) is 2.04. The Morgan fingerprint density at radius 3 is 3.00 bits per heavy atom. The summed E-state index contributed by atoms with van der Waals surface area (Å²) in [5.41, 5.74) is 0.247. The molecule has 0 aliphatic rings. The van der Waals surface area contributed by atoms with Crippen LogP contribution >= 0.6 is 23.0 Å². The largest absolute Gasteiger partial charge is 0.619 e. The Labute approximate surface area is 77.1 Å². The van der Waals surface area contributed by atoms with E-state index >= 15 is 0 Å². The quantitative estimate of drug-likeness (QED) is 0.429. The molecule has 0 atom stereocenters. The molecule has 11 heavy (non-hydrogen) atoms. The predicted molar refractivity (Wildman–Crippen MR) is 44.8 cm³/mol. The van der Waals surface area contributed by atoms with Crippen molar-refractivity contribution < 1.29 is 12.6 Å². The van der Waals surface area contributed by atoms with Crippen LogP contribution in [0.3, 0.4) is 0 Å². The van der Waals surface area contributed by atoms with Gasteiger partial charge in [0.2, 0.25) is 0 Å². The van der Waals surface area contributed by atoms with Crippen molar-refractivity contribution in [2.75, 3.05) is 0 Å². The van der Waals surface area contributed by atoms with Gasteiger partial charge in [0.15, 0.2) is 35.4 Å². The lowest BCUT2D eigenvalue weighted by atomic mass is 10.3. The Balaban J connectivity index is 2.96. The Morgan fingerprint density at radius 2 is 2.45 bits per heavy atom. The van der Waals surface area contributed by atoms with Gasteiger partial charge in [0.05, 0.1) is 0 Å². The molecule has 0 radical (unpaired) electrons. The minimum atomic E-state index is -0.518. The lowest BCUT2D eigenvalue weighted by Gasteiger charge is -1.96. The third-order valence-corrected chi connectivity index (χ3v) is 1.48. The van der Waals surface area contributed by atoms with Crippen LogP contribution in [0.1, 0.15) is 10.4 Å². The average Bonchev–Trinajstić information content (AvgIpc) is 2.03. The highest BCUT2D eigenvalue weighted by molar-refractivity contribution is 14.1. The molecule has 5 heteroatoms. The topological polar surface area (TPSA) is 53.2 Å². The van der Waals surface area contributed by atoms with Gasteiger partial charge in [-0.15, -0.1) is 0 Å². The Bertz CT molecular complexity index is 276. The molecule has 1 rings (SSSR count). The van der Waals surface area contributed by atoms with E-state index in [4.69, 9.17) is 0 Å². The van der Waals surface area contributed by atoms with E-state index in [1.807, 2.05) is 0 Å².